The molecular weight excluding hydrogens is 326 g/mol. The molecule has 1 rings (SSSR count). The lowest BCUT2D eigenvalue weighted by Crippen LogP contribution is -2.39. The van der Waals surface area contributed by atoms with Crippen LogP contribution in [0.4, 0.5) is 5.69 Å². The zero-order chi connectivity index (χ0) is 15.3. The molecule has 0 spiro atoms. The van der Waals surface area contributed by atoms with Crippen molar-refractivity contribution < 1.29 is 9.53 Å². The SMILES string of the molecule is COc1cc(NC(=O)C(C)(CC(C)C)N=O)cc(Br)n1. The number of carbonyl (C=O) groups excluding carboxylic acids is 1. The average Bonchev–Trinajstić information content (AvgIpc) is 2.36. The van der Waals surface area contributed by atoms with Crippen molar-refractivity contribution in [3.05, 3.63) is 21.6 Å². The fraction of sp³-hybridized carbons (Fsp3) is 0.538. The molecule has 1 N–H and O–H groups in total. The second-order valence-corrected chi connectivity index (χ2v) is 5.95. The van der Waals surface area contributed by atoms with Crippen molar-refractivity contribution in [3.63, 3.8) is 0 Å². The standard InChI is InChI=1S/C13H18BrN3O3/c1-8(2)7-13(3,17-19)12(18)15-9-5-10(14)16-11(6-9)20-4/h5-6,8H,7H2,1-4H3,(H,15,16,18). The van der Waals surface area contributed by atoms with Gasteiger partial charge in [-0.15, -0.1) is 4.91 Å². The molecule has 0 fully saturated rings. The molecule has 110 valence electrons. The van der Waals surface area contributed by atoms with Crippen LogP contribution >= 0.6 is 15.9 Å². The zero-order valence-corrected chi connectivity index (χ0v) is 13.5. The van der Waals surface area contributed by atoms with E-state index in [1.807, 2.05) is 13.8 Å². The monoisotopic (exact) mass is 343 g/mol. The Labute approximate surface area is 126 Å². The Morgan fingerprint density at radius 1 is 1.55 bits per heavy atom. The highest BCUT2D eigenvalue weighted by Crippen LogP contribution is 2.25. The van der Waals surface area contributed by atoms with Crippen LogP contribution in [0.1, 0.15) is 27.2 Å². The van der Waals surface area contributed by atoms with Crippen molar-refractivity contribution in [3.8, 4) is 5.88 Å². The van der Waals surface area contributed by atoms with Gasteiger partial charge in [-0.2, -0.15) is 0 Å². The van der Waals surface area contributed by atoms with Crippen molar-refractivity contribution in [1.82, 2.24) is 4.98 Å². The van der Waals surface area contributed by atoms with Gasteiger partial charge in [0, 0.05) is 11.8 Å². The molecule has 1 aromatic rings. The molecular formula is C13H18BrN3O3. The highest BCUT2D eigenvalue weighted by Gasteiger charge is 2.35. The summed E-state index contributed by atoms with van der Waals surface area (Å²) in [6, 6.07) is 3.20. The van der Waals surface area contributed by atoms with Crippen molar-refractivity contribution in [1.29, 1.82) is 0 Å². The summed E-state index contributed by atoms with van der Waals surface area (Å²) < 4.78 is 5.54. The van der Waals surface area contributed by atoms with Crippen LogP contribution in [0.3, 0.4) is 0 Å². The van der Waals surface area contributed by atoms with Crippen LogP contribution in [-0.4, -0.2) is 23.5 Å². The van der Waals surface area contributed by atoms with Gasteiger partial charge in [0.25, 0.3) is 5.91 Å². The predicted octanol–water partition coefficient (Wildman–Crippen LogP) is 3.36. The molecule has 0 saturated carbocycles. The number of aromatic nitrogens is 1. The molecule has 1 atom stereocenters. The summed E-state index contributed by atoms with van der Waals surface area (Å²) in [5, 5.41) is 5.67. The average molecular weight is 344 g/mol. The van der Waals surface area contributed by atoms with Crippen LogP contribution in [0.5, 0.6) is 5.88 Å². The molecule has 1 heterocycles. The first-order valence-corrected chi connectivity index (χ1v) is 6.97. The number of hydrogen-bond donors (Lipinski definition) is 1. The van der Waals surface area contributed by atoms with Gasteiger partial charge in [-0.25, -0.2) is 4.98 Å². The quantitative estimate of drug-likeness (QED) is 0.634. The number of carbonyl (C=O) groups is 1. The number of nitroso groups, excluding NO2 is 1. The van der Waals surface area contributed by atoms with Gasteiger partial charge in [0.1, 0.15) is 4.60 Å². The van der Waals surface area contributed by atoms with Gasteiger partial charge in [-0.05, 0) is 41.3 Å². The van der Waals surface area contributed by atoms with E-state index in [2.05, 4.69) is 31.4 Å². The van der Waals surface area contributed by atoms with E-state index in [4.69, 9.17) is 4.74 Å². The number of nitrogens with zero attached hydrogens (tertiary/aromatic N) is 2. The molecule has 0 radical (unpaired) electrons. The van der Waals surface area contributed by atoms with E-state index >= 15 is 0 Å². The Morgan fingerprint density at radius 3 is 2.70 bits per heavy atom. The number of ether oxygens (including phenoxy) is 1. The Bertz CT molecular complexity index is 508. The summed E-state index contributed by atoms with van der Waals surface area (Å²) in [5.41, 5.74) is -0.802. The summed E-state index contributed by atoms with van der Waals surface area (Å²) in [6.07, 6.45) is 0.381. The Kier molecular flexibility index (Phi) is 5.62. The van der Waals surface area contributed by atoms with Gasteiger partial charge in [0.2, 0.25) is 5.88 Å². The van der Waals surface area contributed by atoms with Crippen molar-refractivity contribution in [2.45, 2.75) is 32.7 Å². The van der Waals surface area contributed by atoms with Crippen molar-refractivity contribution >= 4 is 27.5 Å². The van der Waals surface area contributed by atoms with Gasteiger partial charge in [-0.3, -0.25) is 4.79 Å². The number of pyridine rings is 1. The third-order valence-corrected chi connectivity index (χ3v) is 3.14. The minimum Gasteiger partial charge on any atom is -0.481 e. The van der Waals surface area contributed by atoms with Crippen LogP contribution < -0.4 is 10.1 Å². The molecule has 1 amide bonds. The fourth-order valence-corrected chi connectivity index (χ4v) is 2.30. The maximum Gasteiger partial charge on any atom is 0.255 e. The molecule has 7 heteroatoms. The molecule has 0 bridgehead atoms. The van der Waals surface area contributed by atoms with Gasteiger partial charge in [-0.1, -0.05) is 19.0 Å². The molecule has 0 aliphatic rings. The maximum absolute atomic E-state index is 12.2. The van der Waals surface area contributed by atoms with E-state index in [-0.39, 0.29) is 5.92 Å². The maximum atomic E-state index is 12.2. The zero-order valence-electron chi connectivity index (χ0n) is 11.9. The summed E-state index contributed by atoms with van der Waals surface area (Å²) >= 11 is 3.22. The van der Waals surface area contributed by atoms with E-state index in [1.165, 1.54) is 14.0 Å². The molecule has 0 saturated heterocycles. The Morgan fingerprint density at radius 2 is 2.20 bits per heavy atom. The number of methoxy groups -OCH3 is 1. The van der Waals surface area contributed by atoms with Crippen LogP contribution in [-0.2, 0) is 4.79 Å². The molecule has 0 aliphatic heterocycles. The smallest absolute Gasteiger partial charge is 0.255 e. The number of halogens is 1. The lowest BCUT2D eigenvalue weighted by molar-refractivity contribution is -0.121. The summed E-state index contributed by atoms with van der Waals surface area (Å²) in [7, 11) is 1.48. The van der Waals surface area contributed by atoms with E-state index in [0.29, 0.717) is 22.6 Å². The first-order chi connectivity index (χ1) is 9.30. The molecule has 1 unspecified atom stereocenters. The minimum atomic E-state index is -1.29. The van der Waals surface area contributed by atoms with Crippen LogP contribution in [0.15, 0.2) is 21.9 Å². The molecule has 1 aromatic heterocycles. The third-order valence-electron chi connectivity index (χ3n) is 2.73. The van der Waals surface area contributed by atoms with Gasteiger partial charge < -0.3 is 10.1 Å². The number of hydrogen-bond acceptors (Lipinski definition) is 5. The second kappa shape index (κ2) is 6.78. The summed E-state index contributed by atoms with van der Waals surface area (Å²) in [6.45, 7) is 5.40. The third kappa shape index (κ3) is 4.26. The molecule has 0 aromatic carbocycles. The first-order valence-electron chi connectivity index (χ1n) is 6.18. The van der Waals surface area contributed by atoms with E-state index < -0.39 is 11.4 Å². The number of amides is 1. The van der Waals surface area contributed by atoms with Gasteiger partial charge >= 0.3 is 0 Å². The highest BCUT2D eigenvalue weighted by atomic mass is 79.9. The van der Waals surface area contributed by atoms with Crippen molar-refractivity contribution in [2.75, 3.05) is 12.4 Å². The first kappa shape index (κ1) is 16.6. The Hall–Kier alpha value is -1.50. The van der Waals surface area contributed by atoms with E-state index in [9.17, 15) is 9.70 Å². The van der Waals surface area contributed by atoms with Crippen LogP contribution in [0.25, 0.3) is 0 Å². The Balaban J connectivity index is 2.94. The van der Waals surface area contributed by atoms with E-state index in [0.717, 1.165) is 0 Å². The van der Waals surface area contributed by atoms with Crippen LogP contribution in [0.2, 0.25) is 0 Å². The van der Waals surface area contributed by atoms with Gasteiger partial charge in [0.15, 0.2) is 5.54 Å². The van der Waals surface area contributed by atoms with Gasteiger partial charge in [0.05, 0.1) is 7.11 Å². The number of rotatable bonds is 6. The fourth-order valence-electron chi connectivity index (χ4n) is 1.88. The van der Waals surface area contributed by atoms with Crippen molar-refractivity contribution in [2.24, 2.45) is 11.1 Å². The minimum absolute atomic E-state index is 0.183. The lowest BCUT2D eigenvalue weighted by atomic mass is 9.91. The predicted molar refractivity (Wildman–Crippen MR) is 80.8 cm³/mol. The highest BCUT2D eigenvalue weighted by molar-refractivity contribution is 9.10. The molecule has 20 heavy (non-hydrogen) atoms. The molecule has 0 aliphatic carbocycles. The second-order valence-electron chi connectivity index (χ2n) is 5.14. The summed E-state index contributed by atoms with van der Waals surface area (Å²) in [4.78, 5) is 27.3. The van der Waals surface area contributed by atoms with E-state index in [1.54, 1.807) is 12.1 Å². The summed E-state index contributed by atoms with van der Waals surface area (Å²) in [5.74, 6) is 0.0998. The topological polar surface area (TPSA) is 80.6 Å². The lowest BCUT2D eigenvalue weighted by Gasteiger charge is -2.22. The number of nitrogens with one attached hydrogen (secondary N) is 1. The largest absolute Gasteiger partial charge is 0.481 e. The number of anilines is 1. The molecule has 6 nitrogen and oxygen atoms in total. The van der Waals surface area contributed by atoms with Crippen LogP contribution in [0, 0.1) is 10.8 Å². The normalized spacial score (nSPS) is 13.7.